The zero-order valence-electron chi connectivity index (χ0n) is 9.38. The summed E-state index contributed by atoms with van der Waals surface area (Å²) in [5.41, 5.74) is 0.0408. The molecule has 2 rings (SSSR count). The Hall–Kier alpha value is -2.01. The summed E-state index contributed by atoms with van der Waals surface area (Å²) in [6, 6.07) is 6.00. The molecule has 6 heteroatoms. The van der Waals surface area contributed by atoms with Crippen LogP contribution in [0.4, 0.5) is 18.9 Å². The van der Waals surface area contributed by atoms with Crippen molar-refractivity contribution in [2.75, 3.05) is 5.32 Å². The molecule has 0 heterocycles. The number of anilines is 1. The molecule has 2 aromatic carbocycles. The van der Waals surface area contributed by atoms with Gasteiger partial charge in [-0.1, -0.05) is 11.6 Å². The smallest absolute Gasteiger partial charge is 0.255 e. The largest absolute Gasteiger partial charge is 0.322 e. The van der Waals surface area contributed by atoms with E-state index in [9.17, 15) is 18.0 Å². The third-order valence-electron chi connectivity index (χ3n) is 2.30. The minimum atomic E-state index is -0.859. The standard InChI is InChI=1S/C13H7ClF3NO/c14-11-6-10(1-2-12(11)17)18-13(19)7-3-8(15)5-9(16)4-7/h1-6H,(H,18,19). The SMILES string of the molecule is O=C(Nc1ccc(F)c(Cl)c1)c1cc(F)cc(F)c1. The summed E-state index contributed by atoms with van der Waals surface area (Å²) >= 11 is 5.55. The molecule has 2 aromatic rings. The van der Waals surface area contributed by atoms with Crippen LogP contribution in [0.2, 0.25) is 5.02 Å². The first-order chi connectivity index (χ1) is 8.95. The molecule has 1 amide bonds. The lowest BCUT2D eigenvalue weighted by Crippen LogP contribution is -2.12. The first-order valence-corrected chi connectivity index (χ1v) is 5.56. The second kappa shape index (κ2) is 5.32. The van der Waals surface area contributed by atoms with E-state index in [4.69, 9.17) is 11.6 Å². The van der Waals surface area contributed by atoms with Crippen LogP contribution in [0.1, 0.15) is 10.4 Å². The zero-order valence-corrected chi connectivity index (χ0v) is 10.1. The highest BCUT2D eigenvalue weighted by molar-refractivity contribution is 6.31. The predicted molar refractivity (Wildman–Crippen MR) is 65.7 cm³/mol. The third-order valence-corrected chi connectivity index (χ3v) is 2.59. The Balaban J connectivity index is 2.22. The summed E-state index contributed by atoms with van der Waals surface area (Å²) in [7, 11) is 0. The van der Waals surface area contributed by atoms with Crippen LogP contribution >= 0.6 is 11.6 Å². The molecule has 0 aliphatic carbocycles. The van der Waals surface area contributed by atoms with Crippen molar-refractivity contribution in [3.63, 3.8) is 0 Å². The van der Waals surface area contributed by atoms with E-state index in [1.165, 1.54) is 12.1 Å². The average Bonchev–Trinajstić information content (AvgIpc) is 2.32. The Bertz CT molecular complexity index is 626. The van der Waals surface area contributed by atoms with Gasteiger partial charge in [-0.05, 0) is 30.3 Å². The Kier molecular flexibility index (Phi) is 3.76. The van der Waals surface area contributed by atoms with Crippen LogP contribution in [0, 0.1) is 17.5 Å². The van der Waals surface area contributed by atoms with E-state index >= 15 is 0 Å². The highest BCUT2D eigenvalue weighted by atomic mass is 35.5. The third kappa shape index (κ3) is 3.26. The molecule has 0 saturated heterocycles. The maximum absolute atomic E-state index is 13.0. The van der Waals surface area contributed by atoms with Crippen LogP contribution in [-0.4, -0.2) is 5.91 Å². The van der Waals surface area contributed by atoms with Crippen LogP contribution in [-0.2, 0) is 0 Å². The first-order valence-electron chi connectivity index (χ1n) is 5.18. The normalized spacial score (nSPS) is 10.3. The number of carbonyl (C=O) groups excluding carboxylic acids is 1. The van der Waals surface area contributed by atoms with E-state index in [1.807, 2.05) is 0 Å². The minimum Gasteiger partial charge on any atom is -0.322 e. The monoisotopic (exact) mass is 285 g/mol. The molecule has 0 spiro atoms. The molecule has 2 nitrogen and oxygen atoms in total. The molecule has 19 heavy (non-hydrogen) atoms. The molecule has 0 saturated carbocycles. The van der Waals surface area contributed by atoms with Gasteiger partial charge >= 0.3 is 0 Å². The summed E-state index contributed by atoms with van der Waals surface area (Å²) in [6.07, 6.45) is 0. The first kappa shape index (κ1) is 13.4. The Morgan fingerprint density at radius 2 is 1.63 bits per heavy atom. The van der Waals surface area contributed by atoms with Crippen LogP contribution in [0.15, 0.2) is 36.4 Å². The molecule has 0 aliphatic heterocycles. The molecule has 0 aliphatic rings. The summed E-state index contributed by atoms with van der Waals surface area (Å²) in [5, 5.41) is 2.19. The Morgan fingerprint density at radius 1 is 1.00 bits per heavy atom. The highest BCUT2D eigenvalue weighted by Gasteiger charge is 2.10. The van der Waals surface area contributed by atoms with Crippen molar-refractivity contribution in [3.8, 4) is 0 Å². The maximum atomic E-state index is 13.0. The number of hydrogen-bond donors (Lipinski definition) is 1. The molecule has 0 fully saturated rings. The van der Waals surface area contributed by atoms with Crippen LogP contribution < -0.4 is 5.32 Å². The molecule has 0 unspecified atom stereocenters. The number of rotatable bonds is 2. The molecular formula is C13H7ClF3NO. The molecule has 0 radical (unpaired) electrons. The van der Waals surface area contributed by atoms with Crippen molar-refractivity contribution in [1.29, 1.82) is 0 Å². The fraction of sp³-hybridized carbons (Fsp3) is 0. The second-order valence-corrected chi connectivity index (χ2v) is 4.15. The van der Waals surface area contributed by atoms with Crippen LogP contribution in [0.3, 0.4) is 0 Å². The van der Waals surface area contributed by atoms with Crippen molar-refractivity contribution in [2.24, 2.45) is 0 Å². The zero-order chi connectivity index (χ0) is 14.0. The molecular weight excluding hydrogens is 279 g/mol. The number of hydrogen-bond acceptors (Lipinski definition) is 1. The Labute approximate surface area is 111 Å². The van der Waals surface area contributed by atoms with Gasteiger partial charge in [0.2, 0.25) is 0 Å². The summed E-state index contributed by atoms with van der Waals surface area (Å²) in [6.45, 7) is 0. The van der Waals surface area contributed by atoms with Gasteiger partial charge in [0.1, 0.15) is 17.5 Å². The molecule has 1 N–H and O–H groups in total. The lowest BCUT2D eigenvalue weighted by Gasteiger charge is -2.06. The van der Waals surface area contributed by atoms with E-state index < -0.39 is 23.4 Å². The number of benzene rings is 2. The van der Waals surface area contributed by atoms with E-state index in [1.54, 1.807) is 0 Å². The van der Waals surface area contributed by atoms with Gasteiger partial charge in [-0.25, -0.2) is 13.2 Å². The number of amides is 1. The Morgan fingerprint density at radius 3 is 2.21 bits per heavy atom. The van der Waals surface area contributed by atoms with Gasteiger partial charge in [-0.3, -0.25) is 4.79 Å². The molecule has 98 valence electrons. The molecule has 0 aromatic heterocycles. The fourth-order valence-corrected chi connectivity index (χ4v) is 1.64. The minimum absolute atomic E-state index is 0.164. The van der Waals surface area contributed by atoms with E-state index in [-0.39, 0.29) is 16.3 Å². The van der Waals surface area contributed by atoms with Crippen molar-refractivity contribution in [1.82, 2.24) is 0 Å². The van der Waals surface area contributed by atoms with Gasteiger partial charge in [-0.2, -0.15) is 0 Å². The van der Waals surface area contributed by atoms with Gasteiger partial charge < -0.3 is 5.32 Å². The van der Waals surface area contributed by atoms with E-state index in [2.05, 4.69) is 5.32 Å². The second-order valence-electron chi connectivity index (χ2n) is 3.74. The van der Waals surface area contributed by atoms with E-state index in [0.29, 0.717) is 6.07 Å². The quantitative estimate of drug-likeness (QED) is 0.887. The van der Waals surface area contributed by atoms with Crippen LogP contribution in [0.25, 0.3) is 0 Å². The average molecular weight is 286 g/mol. The van der Waals surface area contributed by atoms with Crippen molar-refractivity contribution >= 4 is 23.2 Å². The number of halogens is 4. The van der Waals surface area contributed by atoms with Gasteiger partial charge in [-0.15, -0.1) is 0 Å². The lowest BCUT2D eigenvalue weighted by molar-refractivity contribution is 0.102. The predicted octanol–water partition coefficient (Wildman–Crippen LogP) is 4.01. The number of nitrogens with one attached hydrogen (secondary N) is 1. The van der Waals surface area contributed by atoms with Crippen molar-refractivity contribution in [2.45, 2.75) is 0 Å². The van der Waals surface area contributed by atoms with Gasteiger partial charge in [0, 0.05) is 17.3 Å². The van der Waals surface area contributed by atoms with Crippen LogP contribution in [0.5, 0.6) is 0 Å². The molecule has 0 bridgehead atoms. The number of carbonyl (C=O) groups is 1. The van der Waals surface area contributed by atoms with Gasteiger partial charge in [0.05, 0.1) is 5.02 Å². The summed E-state index contributed by atoms with van der Waals surface area (Å²) in [5.74, 6) is -3.07. The maximum Gasteiger partial charge on any atom is 0.255 e. The van der Waals surface area contributed by atoms with Crippen molar-refractivity contribution < 1.29 is 18.0 Å². The van der Waals surface area contributed by atoms with Gasteiger partial charge in [0.15, 0.2) is 0 Å². The summed E-state index contributed by atoms with van der Waals surface area (Å²) in [4.78, 5) is 11.7. The topological polar surface area (TPSA) is 29.1 Å². The fourth-order valence-electron chi connectivity index (χ4n) is 1.46. The lowest BCUT2D eigenvalue weighted by atomic mass is 10.2. The van der Waals surface area contributed by atoms with E-state index in [0.717, 1.165) is 18.2 Å². The van der Waals surface area contributed by atoms with Crippen molar-refractivity contribution in [3.05, 3.63) is 64.4 Å². The van der Waals surface area contributed by atoms with Gasteiger partial charge in [0.25, 0.3) is 5.91 Å². The highest BCUT2D eigenvalue weighted by Crippen LogP contribution is 2.20. The summed E-state index contributed by atoms with van der Waals surface area (Å²) < 4.78 is 38.8. The molecule has 0 atom stereocenters.